The van der Waals surface area contributed by atoms with E-state index in [4.69, 9.17) is 10.5 Å². The zero-order valence-electron chi connectivity index (χ0n) is 9.82. The van der Waals surface area contributed by atoms with Gasteiger partial charge in [0.05, 0.1) is 12.7 Å². The Morgan fingerprint density at radius 1 is 1.17 bits per heavy atom. The summed E-state index contributed by atoms with van der Waals surface area (Å²) in [5.41, 5.74) is 5.81. The normalized spacial score (nSPS) is 10.3. The van der Waals surface area contributed by atoms with Gasteiger partial charge in [0.1, 0.15) is 11.6 Å². The topological polar surface area (TPSA) is 101 Å². The third kappa shape index (κ3) is 2.42. The van der Waals surface area contributed by atoms with Gasteiger partial charge in [-0.3, -0.25) is 14.8 Å². The summed E-state index contributed by atoms with van der Waals surface area (Å²) in [4.78, 5) is 27.1. The van der Waals surface area contributed by atoms with Crippen LogP contribution in [0.5, 0.6) is 5.75 Å². The van der Waals surface area contributed by atoms with Crippen LogP contribution in [0.1, 0.15) is 11.1 Å². The summed E-state index contributed by atoms with van der Waals surface area (Å²) in [6, 6.07) is 7.27. The van der Waals surface area contributed by atoms with Gasteiger partial charge < -0.3 is 10.5 Å². The monoisotopic (exact) mass is 247 g/mol. The lowest BCUT2D eigenvalue weighted by Crippen LogP contribution is -2.27. The number of nitrogens with one attached hydrogen (secondary N) is 2. The van der Waals surface area contributed by atoms with Crippen molar-refractivity contribution >= 4 is 5.82 Å². The molecule has 0 atom stereocenters. The van der Waals surface area contributed by atoms with E-state index in [1.54, 1.807) is 19.2 Å². The average molecular weight is 247 g/mol. The summed E-state index contributed by atoms with van der Waals surface area (Å²) in [7, 11) is 1.58. The largest absolute Gasteiger partial charge is 0.497 e. The van der Waals surface area contributed by atoms with Crippen LogP contribution in [0.3, 0.4) is 0 Å². The number of hydrogen-bond donors (Lipinski definition) is 3. The zero-order valence-corrected chi connectivity index (χ0v) is 9.82. The molecule has 0 unspecified atom stereocenters. The Kier molecular flexibility index (Phi) is 3.18. The number of H-pyrrole nitrogens is 2. The maximum absolute atomic E-state index is 11.6. The van der Waals surface area contributed by atoms with Gasteiger partial charge in [-0.05, 0) is 17.7 Å². The van der Waals surface area contributed by atoms with Crippen LogP contribution in [-0.4, -0.2) is 17.1 Å². The van der Waals surface area contributed by atoms with Crippen LogP contribution in [0.4, 0.5) is 5.82 Å². The van der Waals surface area contributed by atoms with Crippen molar-refractivity contribution in [1.29, 1.82) is 0 Å². The lowest BCUT2D eigenvalue weighted by molar-refractivity contribution is 0.414. The van der Waals surface area contributed by atoms with Crippen molar-refractivity contribution in [2.24, 2.45) is 0 Å². The molecule has 6 heteroatoms. The van der Waals surface area contributed by atoms with Crippen LogP contribution in [0, 0.1) is 0 Å². The number of ether oxygens (including phenoxy) is 1. The predicted octanol–water partition coefficient (Wildman–Crippen LogP) is 0.245. The first-order chi connectivity index (χ1) is 8.60. The van der Waals surface area contributed by atoms with Gasteiger partial charge in [0.25, 0.3) is 5.56 Å². The molecule has 0 saturated carbocycles. The average Bonchev–Trinajstić information content (AvgIpc) is 2.34. The van der Waals surface area contributed by atoms with Crippen LogP contribution in [-0.2, 0) is 6.42 Å². The molecule has 0 radical (unpaired) electrons. The van der Waals surface area contributed by atoms with Crippen molar-refractivity contribution in [3.8, 4) is 5.75 Å². The molecule has 2 rings (SSSR count). The first kappa shape index (κ1) is 12.0. The maximum Gasteiger partial charge on any atom is 0.327 e. The van der Waals surface area contributed by atoms with Crippen molar-refractivity contribution in [2.45, 2.75) is 6.42 Å². The Hall–Kier alpha value is -2.50. The second-order valence-corrected chi connectivity index (χ2v) is 3.83. The fraction of sp³-hybridized carbons (Fsp3) is 0.167. The smallest absolute Gasteiger partial charge is 0.327 e. The van der Waals surface area contributed by atoms with Crippen molar-refractivity contribution in [3.63, 3.8) is 0 Å². The Bertz CT molecular complexity index is 656. The molecule has 18 heavy (non-hydrogen) atoms. The second kappa shape index (κ2) is 4.79. The van der Waals surface area contributed by atoms with Gasteiger partial charge in [-0.15, -0.1) is 0 Å². The minimum absolute atomic E-state index is 0.0968. The summed E-state index contributed by atoms with van der Waals surface area (Å²) in [5, 5.41) is 0. The van der Waals surface area contributed by atoms with Crippen molar-refractivity contribution in [3.05, 3.63) is 56.2 Å². The van der Waals surface area contributed by atoms with Gasteiger partial charge in [-0.1, -0.05) is 12.1 Å². The lowest BCUT2D eigenvalue weighted by Gasteiger charge is -2.05. The van der Waals surface area contributed by atoms with Crippen molar-refractivity contribution < 1.29 is 4.74 Å². The number of methoxy groups -OCH3 is 1. The number of anilines is 1. The van der Waals surface area contributed by atoms with Gasteiger partial charge in [0.2, 0.25) is 0 Å². The van der Waals surface area contributed by atoms with E-state index in [-0.39, 0.29) is 5.82 Å². The van der Waals surface area contributed by atoms with E-state index in [9.17, 15) is 9.59 Å². The Labute approximate surface area is 102 Å². The van der Waals surface area contributed by atoms with Crippen LogP contribution in [0.15, 0.2) is 33.9 Å². The minimum atomic E-state index is -0.601. The van der Waals surface area contributed by atoms with Gasteiger partial charge in [0.15, 0.2) is 0 Å². The zero-order chi connectivity index (χ0) is 13.1. The Balaban J connectivity index is 2.34. The highest BCUT2D eigenvalue weighted by Crippen LogP contribution is 2.14. The fourth-order valence-electron chi connectivity index (χ4n) is 1.65. The highest BCUT2D eigenvalue weighted by Gasteiger charge is 2.07. The fourth-order valence-corrected chi connectivity index (χ4v) is 1.65. The van der Waals surface area contributed by atoms with Gasteiger partial charge in [0, 0.05) is 6.42 Å². The third-order valence-corrected chi connectivity index (χ3v) is 2.61. The van der Waals surface area contributed by atoms with Gasteiger partial charge in [-0.25, -0.2) is 4.79 Å². The van der Waals surface area contributed by atoms with Crippen LogP contribution in [0.2, 0.25) is 0 Å². The number of hydrogen-bond acceptors (Lipinski definition) is 4. The first-order valence-corrected chi connectivity index (χ1v) is 5.34. The van der Waals surface area contributed by atoms with Crippen LogP contribution < -0.4 is 21.7 Å². The number of benzene rings is 1. The number of aromatic amines is 2. The summed E-state index contributed by atoms with van der Waals surface area (Å²) in [5.74, 6) is 0.835. The summed E-state index contributed by atoms with van der Waals surface area (Å²) < 4.78 is 5.04. The van der Waals surface area contributed by atoms with Crippen LogP contribution >= 0.6 is 0 Å². The molecule has 1 aromatic carbocycles. The van der Waals surface area contributed by atoms with Crippen molar-refractivity contribution in [1.82, 2.24) is 9.97 Å². The summed E-state index contributed by atoms with van der Waals surface area (Å²) in [6.45, 7) is 0. The molecule has 0 aliphatic heterocycles. The van der Waals surface area contributed by atoms with Crippen LogP contribution in [0.25, 0.3) is 0 Å². The number of rotatable bonds is 3. The molecule has 2 aromatic rings. The number of nitrogens with two attached hydrogens (primary N) is 1. The molecule has 6 nitrogen and oxygen atoms in total. The molecule has 1 aromatic heterocycles. The van der Waals surface area contributed by atoms with E-state index >= 15 is 0 Å². The van der Waals surface area contributed by atoms with Gasteiger partial charge >= 0.3 is 5.69 Å². The van der Waals surface area contributed by atoms with Gasteiger partial charge in [-0.2, -0.15) is 0 Å². The Morgan fingerprint density at radius 3 is 2.39 bits per heavy atom. The quantitative estimate of drug-likeness (QED) is 0.723. The second-order valence-electron chi connectivity index (χ2n) is 3.83. The lowest BCUT2D eigenvalue weighted by atomic mass is 10.1. The molecular weight excluding hydrogens is 234 g/mol. The molecule has 94 valence electrons. The molecular formula is C12H13N3O3. The maximum atomic E-state index is 11.6. The SMILES string of the molecule is COc1ccc(Cc2c(N)[nH]c(=O)[nH]c2=O)cc1. The predicted molar refractivity (Wildman–Crippen MR) is 67.9 cm³/mol. The number of nitrogen functional groups attached to an aromatic ring is 1. The first-order valence-electron chi connectivity index (χ1n) is 5.34. The molecule has 0 fully saturated rings. The minimum Gasteiger partial charge on any atom is -0.497 e. The molecule has 0 spiro atoms. The standard InChI is InChI=1S/C12H13N3O3/c1-18-8-4-2-7(3-5-8)6-9-10(13)14-12(17)15-11(9)16/h2-5H,6H2,1H3,(H4,13,14,15,16,17). The molecule has 0 saturated heterocycles. The van der Waals surface area contributed by atoms with E-state index < -0.39 is 11.2 Å². The Morgan fingerprint density at radius 2 is 1.83 bits per heavy atom. The number of aromatic nitrogens is 2. The molecule has 0 amide bonds. The van der Waals surface area contributed by atoms with E-state index in [1.807, 2.05) is 12.1 Å². The molecule has 1 heterocycles. The summed E-state index contributed by atoms with van der Waals surface area (Å²) in [6.07, 6.45) is 0.349. The van der Waals surface area contributed by atoms with E-state index in [0.717, 1.165) is 11.3 Å². The van der Waals surface area contributed by atoms with Crippen molar-refractivity contribution in [2.75, 3.05) is 12.8 Å². The van der Waals surface area contributed by atoms with E-state index in [0.29, 0.717) is 12.0 Å². The summed E-state index contributed by atoms with van der Waals surface area (Å²) >= 11 is 0. The highest BCUT2D eigenvalue weighted by molar-refractivity contribution is 5.41. The third-order valence-electron chi connectivity index (χ3n) is 2.61. The molecule has 0 aliphatic carbocycles. The molecule has 0 aliphatic rings. The van der Waals surface area contributed by atoms with E-state index in [2.05, 4.69) is 9.97 Å². The van der Waals surface area contributed by atoms with E-state index in [1.165, 1.54) is 0 Å². The molecule has 4 N–H and O–H groups in total. The highest BCUT2D eigenvalue weighted by atomic mass is 16.5. The molecule has 0 bridgehead atoms.